The Morgan fingerprint density at radius 2 is 0.958 bits per heavy atom. The summed E-state index contributed by atoms with van der Waals surface area (Å²) in [6, 6.07) is 0. The maximum absolute atomic E-state index is 10.2. The van der Waals surface area contributed by atoms with Gasteiger partial charge < -0.3 is 34.1 Å². The fourth-order valence-corrected chi connectivity index (χ4v) is 2.62. The van der Waals surface area contributed by atoms with Crippen molar-refractivity contribution < 1.29 is 55.9 Å². The summed E-state index contributed by atoms with van der Waals surface area (Å²) >= 11 is 0. The number of rotatable bonds is 12. The van der Waals surface area contributed by atoms with Gasteiger partial charge in [-0.3, -0.25) is 0 Å². The first kappa shape index (κ1) is 35.7. The van der Waals surface area contributed by atoms with Gasteiger partial charge in [-0.2, -0.15) is 0 Å². The molecule has 0 unspecified atom stereocenters. The van der Waals surface area contributed by atoms with E-state index in [1.807, 2.05) is 0 Å². The number of aliphatic hydroxyl groups excluding tert-OH is 1. The van der Waals surface area contributed by atoms with Crippen molar-refractivity contribution in [1.29, 1.82) is 0 Å². The van der Waals surface area contributed by atoms with E-state index in [1.54, 1.807) is 13.8 Å². The molecule has 0 atom stereocenters. The summed E-state index contributed by atoms with van der Waals surface area (Å²) in [7, 11) is -3.36. The largest absolute Gasteiger partial charge is 0.676 e. The summed E-state index contributed by atoms with van der Waals surface area (Å²) in [4.78, 5) is 10.2. The summed E-state index contributed by atoms with van der Waals surface area (Å²) in [6.45, 7) is 11.2. The van der Waals surface area contributed by atoms with Crippen molar-refractivity contribution in [2.75, 3.05) is 19.8 Å². The average Bonchev–Trinajstić information content (AvgIpc) is 2.39. The van der Waals surface area contributed by atoms with Crippen molar-refractivity contribution in [1.82, 2.24) is 0 Å². The molecule has 0 aromatic rings. The Bertz CT molecular complexity index is 183. The summed E-state index contributed by atoms with van der Waals surface area (Å²) in [6.07, 6.45) is 5.70. The van der Waals surface area contributed by atoms with Crippen LogP contribution >= 0.6 is 0 Å². The molecule has 0 aliphatic carbocycles. The number of hydrogen-bond acceptors (Lipinski definition) is 5. The fourth-order valence-electron chi connectivity index (χ4n) is 1.16. The molecule has 0 saturated carbocycles. The van der Waals surface area contributed by atoms with Gasteiger partial charge in [-0.25, -0.2) is 0 Å². The maximum atomic E-state index is 10.2. The number of unbranched alkanes of at least 4 members (excludes halogenated alkanes) is 3. The third-order valence-corrected chi connectivity index (χ3v) is 4.05. The van der Waals surface area contributed by atoms with E-state index in [1.165, 1.54) is 0 Å². The van der Waals surface area contributed by atoms with E-state index in [4.69, 9.17) is 18.4 Å². The summed E-state index contributed by atoms with van der Waals surface area (Å²) in [5, 5.41) is 8.06. The Morgan fingerprint density at radius 1 is 0.750 bits per heavy atom. The average molecular weight is 408 g/mol. The zero-order chi connectivity index (χ0) is 16.6. The van der Waals surface area contributed by atoms with Gasteiger partial charge in [-0.15, -0.1) is 0 Å². The fraction of sp³-hybridized carbons (Fsp3) is 1.00. The first-order chi connectivity index (χ1) is 9.91. The normalized spacial score (nSPS) is 10.0. The SMILES string of the molecule is CC(C)O.CCCCO[Si](O)(OCCCC)OCCCC.O.O.[Ti]. The summed E-state index contributed by atoms with van der Waals surface area (Å²) in [5.41, 5.74) is 0. The molecule has 0 aromatic carbocycles. The van der Waals surface area contributed by atoms with E-state index in [9.17, 15) is 4.80 Å². The van der Waals surface area contributed by atoms with Gasteiger partial charge in [0.2, 0.25) is 0 Å². The van der Waals surface area contributed by atoms with Crippen LogP contribution in [0.5, 0.6) is 0 Å². The van der Waals surface area contributed by atoms with Crippen LogP contribution in [0.3, 0.4) is 0 Å². The molecule has 150 valence electrons. The van der Waals surface area contributed by atoms with Gasteiger partial charge in [0.25, 0.3) is 0 Å². The molecule has 9 heteroatoms. The second-order valence-corrected chi connectivity index (χ2v) is 7.14. The minimum atomic E-state index is -3.36. The van der Waals surface area contributed by atoms with Crippen LogP contribution in [0.4, 0.5) is 0 Å². The molecule has 0 aliphatic rings. The number of aliphatic hydroxyl groups is 1. The Morgan fingerprint density at radius 3 is 1.12 bits per heavy atom. The molecular formula is C15H40O7SiTi. The van der Waals surface area contributed by atoms with Crippen LogP contribution in [-0.4, -0.2) is 55.8 Å². The molecule has 0 spiro atoms. The van der Waals surface area contributed by atoms with E-state index in [0.717, 1.165) is 38.5 Å². The molecule has 24 heavy (non-hydrogen) atoms. The van der Waals surface area contributed by atoms with Gasteiger partial charge in [0, 0.05) is 47.6 Å². The van der Waals surface area contributed by atoms with E-state index >= 15 is 0 Å². The van der Waals surface area contributed by atoms with E-state index < -0.39 is 9.05 Å². The van der Waals surface area contributed by atoms with Crippen molar-refractivity contribution in [2.45, 2.75) is 79.2 Å². The summed E-state index contributed by atoms with van der Waals surface area (Å²) in [5.74, 6) is 0. The van der Waals surface area contributed by atoms with Gasteiger partial charge in [0.1, 0.15) is 0 Å². The molecule has 0 rings (SSSR count). The van der Waals surface area contributed by atoms with E-state index in [-0.39, 0.29) is 38.8 Å². The molecule has 0 aliphatic heterocycles. The van der Waals surface area contributed by atoms with Crippen LogP contribution in [0.1, 0.15) is 73.1 Å². The first-order valence-electron chi connectivity index (χ1n) is 8.24. The first-order valence-corrected chi connectivity index (χ1v) is 9.91. The maximum Gasteiger partial charge on any atom is 0.676 e. The Balaban J connectivity index is -0.000000154. The van der Waals surface area contributed by atoms with Crippen LogP contribution < -0.4 is 0 Å². The van der Waals surface area contributed by atoms with Gasteiger partial charge in [-0.1, -0.05) is 40.0 Å². The van der Waals surface area contributed by atoms with Crippen LogP contribution in [0.25, 0.3) is 0 Å². The van der Waals surface area contributed by atoms with Gasteiger partial charge in [0.05, 0.1) is 0 Å². The zero-order valence-electron chi connectivity index (χ0n) is 16.1. The standard InChI is InChI=1S/C12H28O4Si.C3H8O.2H2O.Ti/c1-4-7-10-14-17(13,15-11-8-5-2)16-12-9-6-3;1-3(2)4;;;/h13H,4-12H2,1-3H3;3-4H,1-2H3;2*1H2;. The van der Waals surface area contributed by atoms with Crippen molar-refractivity contribution in [3.05, 3.63) is 0 Å². The second kappa shape index (κ2) is 25.9. The third-order valence-electron chi connectivity index (χ3n) is 2.35. The molecule has 0 fully saturated rings. The zero-order valence-corrected chi connectivity index (χ0v) is 18.6. The molecule has 0 heterocycles. The molecule has 0 amide bonds. The van der Waals surface area contributed by atoms with Gasteiger partial charge in [0.15, 0.2) is 0 Å². The Hall–Kier alpha value is 0.651. The van der Waals surface area contributed by atoms with Crippen LogP contribution in [-0.2, 0) is 35.0 Å². The minimum Gasteiger partial charge on any atom is -0.412 e. The summed E-state index contributed by atoms with van der Waals surface area (Å²) < 4.78 is 16.2. The molecule has 0 saturated heterocycles. The van der Waals surface area contributed by atoms with E-state index in [0.29, 0.717) is 19.8 Å². The molecule has 6 N–H and O–H groups in total. The monoisotopic (exact) mass is 408 g/mol. The quantitative estimate of drug-likeness (QED) is 0.374. The molecule has 0 aromatic heterocycles. The van der Waals surface area contributed by atoms with E-state index in [2.05, 4.69) is 20.8 Å². The third kappa shape index (κ3) is 30.5. The topological polar surface area (TPSA) is 131 Å². The van der Waals surface area contributed by atoms with Crippen molar-refractivity contribution in [3.63, 3.8) is 0 Å². The van der Waals surface area contributed by atoms with Crippen molar-refractivity contribution in [2.24, 2.45) is 0 Å². The van der Waals surface area contributed by atoms with Crippen LogP contribution in [0, 0.1) is 0 Å². The molecule has 0 bridgehead atoms. The molecular weight excluding hydrogens is 368 g/mol. The Labute approximate surface area is 164 Å². The predicted molar refractivity (Wildman–Crippen MR) is 95.1 cm³/mol. The minimum absolute atomic E-state index is 0. The van der Waals surface area contributed by atoms with Crippen LogP contribution in [0.15, 0.2) is 0 Å². The number of hydrogen-bond donors (Lipinski definition) is 2. The van der Waals surface area contributed by atoms with Crippen molar-refractivity contribution >= 4 is 9.05 Å². The van der Waals surface area contributed by atoms with Gasteiger partial charge >= 0.3 is 9.05 Å². The predicted octanol–water partition coefficient (Wildman–Crippen LogP) is 1.60. The molecule has 0 radical (unpaired) electrons. The van der Waals surface area contributed by atoms with Crippen LogP contribution in [0.2, 0.25) is 0 Å². The molecule has 7 nitrogen and oxygen atoms in total. The smallest absolute Gasteiger partial charge is 0.412 e. The van der Waals surface area contributed by atoms with Gasteiger partial charge in [-0.05, 0) is 33.1 Å². The second-order valence-electron chi connectivity index (χ2n) is 5.22. The van der Waals surface area contributed by atoms with Crippen molar-refractivity contribution in [3.8, 4) is 0 Å². The Kier molecular flexibility index (Phi) is 38.5.